The maximum absolute atomic E-state index is 5.91. The van der Waals surface area contributed by atoms with Crippen LogP contribution in [0.5, 0.6) is 0 Å². The second-order valence-electron chi connectivity index (χ2n) is 5.84. The minimum absolute atomic E-state index is 0.187. The third-order valence-corrected chi connectivity index (χ3v) is 4.39. The van der Waals surface area contributed by atoms with Crippen molar-refractivity contribution >= 4 is 22.8 Å². The van der Waals surface area contributed by atoms with E-state index in [0.717, 1.165) is 13.2 Å². The number of anilines is 2. The molecule has 0 spiro atoms. The van der Waals surface area contributed by atoms with Gasteiger partial charge < -0.3 is 20.2 Å². The van der Waals surface area contributed by atoms with Gasteiger partial charge in [0.15, 0.2) is 5.58 Å². The van der Waals surface area contributed by atoms with Gasteiger partial charge in [-0.25, -0.2) is 0 Å². The van der Waals surface area contributed by atoms with Gasteiger partial charge in [-0.05, 0) is 31.5 Å². The van der Waals surface area contributed by atoms with Crippen molar-refractivity contribution in [3.8, 4) is 0 Å². The molecule has 21 heavy (non-hydrogen) atoms. The number of hydrogen-bond donors (Lipinski definition) is 2. The quantitative estimate of drug-likeness (QED) is 0.837. The Labute approximate surface area is 123 Å². The molecule has 2 unspecified atom stereocenters. The Morgan fingerprint density at radius 2 is 2.38 bits per heavy atom. The molecule has 3 N–H and O–H groups in total. The lowest BCUT2D eigenvalue weighted by Crippen LogP contribution is -2.48. The number of para-hydroxylation sites is 1. The number of nitrogens with one attached hydrogen (secondary N) is 1. The average Bonchev–Trinajstić information content (AvgIpc) is 3.11. The standard InChI is InChI=1S/C15H20N4O2/c16-12-4-1-5-13-14(12)18-15(21-13)17-7-11-8-19-6-2-3-10(19)9-20-11/h1,4-5,10-11H,2-3,6-9,16H2,(H,17,18). The fourth-order valence-electron chi connectivity index (χ4n) is 3.26. The molecule has 2 fully saturated rings. The van der Waals surface area contributed by atoms with Gasteiger partial charge in [-0.2, -0.15) is 4.98 Å². The molecule has 2 saturated heterocycles. The van der Waals surface area contributed by atoms with Crippen LogP contribution in [0.25, 0.3) is 11.1 Å². The van der Waals surface area contributed by atoms with Gasteiger partial charge in [0.25, 0.3) is 6.01 Å². The first-order chi connectivity index (χ1) is 10.3. The number of hydrogen-bond acceptors (Lipinski definition) is 6. The molecule has 6 heteroatoms. The zero-order valence-electron chi connectivity index (χ0n) is 11.9. The van der Waals surface area contributed by atoms with Crippen molar-refractivity contribution in [2.45, 2.75) is 25.0 Å². The molecular formula is C15H20N4O2. The summed E-state index contributed by atoms with van der Waals surface area (Å²) in [6.45, 7) is 3.73. The number of nitrogens with zero attached hydrogens (tertiary/aromatic N) is 2. The van der Waals surface area contributed by atoms with Crippen LogP contribution in [-0.2, 0) is 4.74 Å². The third-order valence-electron chi connectivity index (χ3n) is 4.39. The van der Waals surface area contributed by atoms with Crippen LogP contribution in [0.1, 0.15) is 12.8 Å². The second kappa shape index (κ2) is 5.20. The normalized spacial score (nSPS) is 26.1. The average molecular weight is 288 g/mol. The molecule has 0 radical (unpaired) electrons. The van der Waals surface area contributed by atoms with Crippen LogP contribution >= 0.6 is 0 Å². The third kappa shape index (κ3) is 2.45. The fourth-order valence-corrected chi connectivity index (χ4v) is 3.26. The van der Waals surface area contributed by atoms with Crippen molar-refractivity contribution in [1.82, 2.24) is 9.88 Å². The van der Waals surface area contributed by atoms with Gasteiger partial charge in [-0.1, -0.05) is 6.07 Å². The number of ether oxygens (including phenoxy) is 1. The topological polar surface area (TPSA) is 76.5 Å². The molecule has 2 atom stereocenters. The monoisotopic (exact) mass is 288 g/mol. The zero-order chi connectivity index (χ0) is 14.2. The number of benzene rings is 1. The predicted octanol–water partition coefficient (Wildman–Crippen LogP) is 1.69. The molecule has 4 rings (SSSR count). The second-order valence-corrected chi connectivity index (χ2v) is 5.84. The van der Waals surface area contributed by atoms with Gasteiger partial charge in [-0.3, -0.25) is 4.90 Å². The smallest absolute Gasteiger partial charge is 0.295 e. The lowest BCUT2D eigenvalue weighted by atomic mass is 10.2. The lowest BCUT2D eigenvalue weighted by Gasteiger charge is -2.35. The van der Waals surface area contributed by atoms with Crippen LogP contribution in [-0.4, -0.2) is 48.3 Å². The van der Waals surface area contributed by atoms with E-state index in [2.05, 4.69) is 15.2 Å². The summed E-state index contributed by atoms with van der Waals surface area (Å²) < 4.78 is 11.6. The molecule has 0 aliphatic carbocycles. The number of oxazole rings is 1. The molecule has 2 aromatic rings. The number of nitrogens with two attached hydrogens (primary N) is 1. The Morgan fingerprint density at radius 1 is 1.43 bits per heavy atom. The molecule has 1 aromatic heterocycles. The minimum atomic E-state index is 0.187. The van der Waals surface area contributed by atoms with Crippen molar-refractivity contribution < 1.29 is 9.15 Å². The maximum atomic E-state index is 5.91. The maximum Gasteiger partial charge on any atom is 0.295 e. The number of nitrogen functional groups attached to an aromatic ring is 1. The molecular weight excluding hydrogens is 268 g/mol. The molecule has 6 nitrogen and oxygen atoms in total. The molecule has 0 saturated carbocycles. The van der Waals surface area contributed by atoms with Crippen LogP contribution in [0.4, 0.5) is 11.7 Å². The molecule has 2 aliphatic rings. The van der Waals surface area contributed by atoms with E-state index >= 15 is 0 Å². The van der Waals surface area contributed by atoms with Crippen molar-refractivity contribution in [1.29, 1.82) is 0 Å². The number of morpholine rings is 1. The van der Waals surface area contributed by atoms with Crippen LogP contribution in [0.15, 0.2) is 22.6 Å². The van der Waals surface area contributed by atoms with Gasteiger partial charge in [0.05, 0.1) is 18.4 Å². The van der Waals surface area contributed by atoms with Crippen molar-refractivity contribution in [3.63, 3.8) is 0 Å². The summed E-state index contributed by atoms with van der Waals surface area (Å²) in [6.07, 6.45) is 2.75. The number of aromatic nitrogens is 1. The van der Waals surface area contributed by atoms with Gasteiger partial charge in [0.2, 0.25) is 0 Å². The summed E-state index contributed by atoms with van der Waals surface area (Å²) >= 11 is 0. The van der Waals surface area contributed by atoms with E-state index < -0.39 is 0 Å². The molecule has 0 amide bonds. The van der Waals surface area contributed by atoms with Crippen molar-refractivity contribution in [2.75, 3.05) is 37.3 Å². The molecule has 2 aliphatic heterocycles. The first-order valence-corrected chi connectivity index (χ1v) is 7.54. The van der Waals surface area contributed by atoms with E-state index in [1.165, 1.54) is 19.4 Å². The van der Waals surface area contributed by atoms with E-state index in [9.17, 15) is 0 Å². The SMILES string of the molecule is Nc1cccc2oc(NCC3CN4CCCC4CO3)nc12. The minimum Gasteiger partial charge on any atom is -0.423 e. The van der Waals surface area contributed by atoms with E-state index in [1.54, 1.807) is 0 Å². The Hall–Kier alpha value is -1.79. The predicted molar refractivity (Wildman–Crippen MR) is 81.2 cm³/mol. The summed E-state index contributed by atoms with van der Waals surface area (Å²) in [6, 6.07) is 6.70. The molecule has 112 valence electrons. The molecule has 0 bridgehead atoms. The summed E-state index contributed by atoms with van der Waals surface area (Å²) in [4.78, 5) is 6.92. The van der Waals surface area contributed by atoms with Gasteiger partial charge in [-0.15, -0.1) is 0 Å². The van der Waals surface area contributed by atoms with Gasteiger partial charge >= 0.3 is 0 Å². The van der Waals surface area contributed by atoms with Gasteiger partial charge in [0.1, 0.15) is 5.52 Å². The Kier molecular flexibility index (Phi) is 3.20. The fraction of sp³-hybridized carbons (Fsp3) is 0.533. The highest BCUT2D eigenvalue weighted by Gasteiger charge is 2.32. The van der Waals surface area contributed by atoms with Crippen LogP contribution in [0.2, 0.25) is 0 Å². The number of fused-ring (bicyclic) bond motifs is 2. The largest absolute Gasteiger partial charge is 0.423 e. The highest BCUT2D eigenvalue weighted by atomic mass is 16.5. The Balaban J connectivity index is 1.40. The highest BCUT2D eigenvalue weighted by molar-refractivity contribution is 5.86. The summed E-state index contributed by atoms with van der Waals surface area (Å²) in [7, 11) is 0. The highest BCUT2D eigenvalue weighted by Crippen LogP contribution is 2.25. The van der Waals surface area contributed by atoms with Crippen molar-refractivity contribution in [2.24, 2.45) is 0 Å². The van der Waals surface area contributed by atoms with Crippen LogP contribution in [0, 0.1) is 0 Å². The van der Waals surface area contributed by atoms with E-state index in [0.29, 0.717) is 35.4 Å². The first kappa shape index (κ1) is 12.9. The summed E-state index contributed by atoms with van der Waals surface area (Å²) in [5.41, 5.74) is 7.94. The van der Waals surface area contributed by atoms with Crippen molar-refractivity contribution in [3.05, 3.63) is 18.2 Å². The van der Waals surface area contributed by atoms with Crippen LogP contribution < -0.4 is 11.1 Å². The zero-order valence-corrected chi connectivity index (χ0v) is 11.9. The van der Waals surface area contributed by atoms with Gasteiger partial charge in [0, 0.05) is 19.1 Å². The Bertz CT molecular complexity index is 642. The first-order valence-electron chi connectivity index (χ1n) is 7.54. The van der Waals surface area contributed by atoms with E-state index in [-0.39, 0.29) is 6.10 Å². The van der Waals surface area contributed by atoms with E-state index in [4.69, 9.17) is 14.9 Å². The molecule has 1 aromatic carbocycles. The summed E-state index contributed by atoms with van der Waals surface area (Å²) in [5.74, 6) is 0. The number of rotatable bonds is 3. The van der Waals surface area contributed by atoms with E-state index in [1.807, 2.05) is 18.2 Å². The summed E-state index contributed by atoms with van der Waals surface area (Å²) in [5, 5.41) is 3.23. The Morgan fingerprint density at radius 3 is 3.29 bits per heavy atom. The molecule has 3 heterocycles. The lowest BCUT2D eigenvalue weighted by molar-refractivity contribution is -0.0417. The van der Waals surface area contributed by atoms with Crippen LogP contribution in [0.3, 0.4) is 0 Å².